The fraction of sp³-hybridized carbons (Fsp3) is 0.500. The highest BCUT2D eigenvalue weighted by molar-refractivity contribution is 5.89. The van der Waals surface area contributed by atoms with Crippen LogP contribution in [0.4, 0.5) is 10.5 Å². The molecule has 0 spiro atoms. The summed E-state index contributed by atoms with van der Waals surface area (Å²) in [5, 5.41) is 5.89. The van der Waals surface area contributed by atoms with Crippen LogP contribution in [0.1, 0.15) is 18.4 Å². The van der Waals surface area contributed by atoms with E-state index in [2.05, 4.69) is 22.6 Å². The van der Waals surface area contributed by atoms with Crippen LogP contribution in [0.15, 0.2) is 24.3 Å². The van der Waals surface area contributed by atoms with Gasteiger partial charge in [0.2, 0.25) is 0 Å². The highest BCUT2D eigenvalue weighted by Crippen LogP contribution is 2.10. The normalized spacial score (nSPS) is 17.4. The lowest BCUT2D eigenvalue weighted by atomic mass is 10.1. The first-order valence-corrected chi connectivity index (χ1v) is 6.46. The number of rotatable bonds is 2. The maximum absolute atomic E-state index is 11.8. The molecule has 98 valence electrons. The Morgan fingerprint density at radius 2 is 1.83 bits per heavy atom. The van der Waals surface area contributed by atoms with Gasteiger partial charge in [0, 0.05) is 11.7 Å². The van der Waals surface area contributed by atoms with Crippen LogP contribution in [0, 0.1) is 6.92 Å². The number of likely N-dealkylation sites (tertiary alicyclic amines) is 1. The lowest BCUT2D eigenvalue weighted by Gasteiger charge is -2.29. The molecule has 0 aliphatic carbocycles. The summed E-state index contributed by atoms with van der Waals surface area (Å²) < 4.78 is 0. The summed E-state index contributed by atoms with van der Waals surface area (Å²) in [4.78, 5) is 14.1. The zero-order valence-electron chi connectivity index (χ0n) is 11.1. The number of benzene rings is 1. The van der Waals surface area contributed by atoms with Crippen LogP contribution in [-0.4, -0.2) is 37.1 Å². The van der Waals surface area contributed by atoms with Crippen molar-refractivity contribution in [2.45, 2.75) is 25.8 Å². The van der Waals surface area contributed by atoms with Gasteiger partial charge in [0.1, 0.15) is 0 Å². The predicted octanol–water partition coefficient (Wildman–Crippen LogP) is 2.21. The van der Waals surface area contributed by atoms with E-state index < -0.39 is 0 Å². The number of nitrogens with one attached hydrogen (secondary N) is 2. The smallest absolute Gasteiger partial charge is 0.319 e. The largest absolute Gasteiger partial charge is 0.335 e. The van der Waals surface area contributed by atoms with E-state index in [0.29, 0.717) is 6.04 Å². The van der Waals surface area contributed by atoms with E-state index in [1.54, 1.807) is 0 Å². The zero-order chi connectivity index (χ0) is 13.0. The molecule has 0 unspecified atom stereocenters. The van der Waals surface area contributed by atoms with Crippen LogP contribution >= 0.6 is 0 Å². The van der Waals surface area contributed by atoms with Crippen LogP contribution in [0.3, 0.4) is 0 Å². The Morgan fingerprint density at radius 1 is 1.22 bits per heavy atom. The minimum atomic E-state index is -0.103. The van der Waals surface area contributed by atoms with Crippen molar-refractivity contribution in [1.29, 1.82) is 0 Å². The summed E-state index contributed by atoms with van der Waals surface area (Å²) in [6.07, 6.45) is 2.05. The standard InChI is InChI=1S/C14H21N3O/c1-11-3-5-12(6-4-11)15-14(18)16-13-7-9-17(2)10-8-13/h3-6,13H,7-10H2,1-2H3,(H2,15,16,18). The van der Waals surface area contributed by atoms with Gasteiger partial charge in [0.25, 0.3) is 0 Å². The molecule has 4 heteroatoms. The van der Waals surface area contributed by atoms with E-state index in [9.17, 15) is 4.79 Å². The molecule has 0 bridgehead atoms. The molecule has 1 aromatic rings. The Balaban J connectivity index is 1.80. The molecule has 2 N–H and O–H groups in total. The van der Waals surface area contributed by atoms with Crippen molar-refractivity contribution in [3.05, 3.63) is 29.8 Å². The van der Waals surface area contributed by atoms with Crippen LogP contribution < -0.4 is 10.6 Å². The number of nitrogens with zero attached hydrogens (tertiary/aromatic N) is 1. The van der Waals surface area contributed by atoms with Gasteiger partial charge in [0.05, 0.1) is 0 Å². The number of carbonyl (C=O) groups is 1. The highest BCUT2D eigenvalue weighted by atomic mass is 16.2. The monoisotopic (exact) mass is 247 g/mol. The van der Waals surface area contributed by atoms with Gasteiger partial charge in [-0.05, 0) is 52.0 Å². The fourth-order valence-electron chi connectivity index (χ4n) is 2.14. The Hall–Kier alpha value is -1.55. The van der Waals surface area contributed by atoms with Gasteiger partial charge in [0.15, 0.2) is 0 Å². The quantitative estimate of drug-likeness (QED) is 0.841. The summed E-state index contributed by atoms with van der Waals surface area (Å²) >= 11 is 0. The molecule has 18 heavy (non-hydrogen) atoms. The van der Waals surface area contributed by atoms with Crippen LogP contribution in [0.5, 0.6) is 0 Å². The first kappa shape index (κ1) is 12.9. The summed E-state index contributed by atoms with van der Waals surface area (Å²) in [7, 11) is 2.11. The summed E-state index contributed by atoms with van der Waals surface area (Å²) in [5.74, 6) is 0. The number of urea groups is 1. The maximum atomic E-state index is 11.8. The first-order chi connectivity index (χ1) is 8.63. The number of amides is 2. The number of aryl methyl sites for hydroxylation is 1. The van der Waals surface area contributed by atoms with Crippen LogP contribution in [0.25, 0.3) is 0 Å². The summed E-state index contributed by atoms with van der Waals surface area (Å²) in [5.41, 5.74) is 2.03. The summed E-state index contributed by atoms with van der Waals surface area (Å²) in [6, 6.07) is 8.02. The second-order valence-corrected chi connectivity index (χ2v) is 5.04. The van der Waals surface area contributed by atoms with Crippen molar-refractivity contribution in [2.75, 3.05) is 25.5 Å². The van der Waals surface area contributed by atoms with E-state index in [0.717, 1.165) is 31.6 Å². The topological polar surface area (TPSA) is 44.4 Å². The van der Waals surface area contributed by atoms with Crippen molar-refractivity contribution >= 4 is 11.7 Å². The molecule has 4 nitrogen and oxygen atoms in total. The molecular formula is C14H21N3O. The molecule has 1 aromatic carbocycles. The van der Waals surface area contributed by atoms with Gasteiger partial charge < -0.3 is 15.5 Å². The van der Waals surface area contributed by atoms with Gasteiger partial charge in [-0.2, -0.15) is 0 Å². The number of piperidine rings is 1. The molecule has 0 saturated carbocycles. The average molecular weight is 247 g/mol. The lowest BCUT2D eigenvalue weighted by Crippen LogP contribution is -2.44. The molecule has 0 atom stereocenters. The minimum Gasteiger partial charge on any atom is -0.335 e. The second-order valence-electron chi connectivity index (χ2n) is 5.04. The average Bonchev–Trinajstić information content (AvgIpc) is 2.35. The predicted molar refractivity (Wildman–Crippen MR) is 73.9 cm³/mol. The third-order valence-electron chi connectivity index (χ3n) is 3.36. The van der Waals surface area contributed by atoms with Gasteiger partial charge in [-0.1, -0.05) is 17.7 Å². The highest BCUT2D eigenvalue weighted by Gasteiger charge is 2.18. The Bertz CT molecular complexity index is 394. The third kappa shape index (κ3) is 3.74. The van der Waals surface area contributed by atoms with Crippen LogP contribution in [0.2, 0.25) is 0 Å². The van der Waals surface area contributed by atoms with Crippen molar-refractivity contribution < 1.29 is 4.79 Å². The van der Waals surface area contributed by atoms with Crippen LogP contribution in [-0.2, 0) is 0 Å². The lowest BCUT2D eigenvalue weighted by molar-refractivity contribution is 0.221. The van der Waals surface area contributed by atoms with E-state index >= 15 is 0 Å². The molecular weight excluding hydrogens is 226 g/mol. The SMILES string of the molecule is Cc1ccc(NC(=O)NC2CCN(C)CC2)cc1. The molecule has 2 rings (SSSR count). The molecule has 0 aromatic heterocycles. The van der Waals surface area contributed by atoms with E-state index in [1.165, 1.54) is 5.56 Å². The minimum absolute atomic E-state index is 0.103. The van der Waals surface area contributed by atoms with E-state index in [-0.39, 0.29) is 6.03 Å². The number of hydrogen-bond acceptors (Lipinski definition) is 2. The zero-order valence-corrected chi connectivity index (χ0v) is 11.1. The van der Waals surface area contributed by atoms with E-state index in [4.69, 9.17) is 0 Å². The number of anilines is 1. The number of hydrogen-bond donors (Lipinski definition) is 2. The number of carbonyl (C=O) groups excluding carboxylic acids is 1. The van der Waals surface area contributed by atoms with Crippen molar-refractivity contribution in [1.82, 2.24) is 10.2 Å². The van der Waals surface area contributed by atoms with Crippen molar-refractivity contribution in [2.24, 2.45) is 0 Å². The van der Waals surface area contributed by atoms with Gasteiger partial charge in [-0.3, -0.25) is 0 Å². The Labute approximate surface area is 108 Å². The maximum Gasteiger partial charge on any atom is 0.319 e. The van der Waals surface area contributed by atoms with Crippen molar-refractivity contribution in [3.8, 4) is 0 Å². The fourth-order valence-corrected chi connectivity index (χ4v) is 2.14. The molecule has 1 saturated heterocycles. The van der Waals surface area contributed by atoms with Gasteiger partial charge >= 0.3 is 6.03 Å². The molecule has 1 fully saturated rings. The second kappa shape index (κ2) is 5.87. The molecule has 0 radical (unpaired) electrons. The molecule has 1 aliphatic heterocycles. The summed E-state index contributed by atoms with van der Waals surface area (Å²) in [6.45, 7) is 4.13. The van der Waals surface area contributed by atoms with Crippen molar-refractivity contribution in [3.63, 3.8) is 0 Å². The third-order valence-corrected chi connectivity index (χ3v) is 3.36. The molecule has 2 amide bonds. The molecule has 1 heterocycles. The van der Waals surface area contributed by atoms with Gasteiger partial charge in [-0.25, -0.2) is 4.79 Å². The van der Waals surface area contributed by atoms with E-state index in [1.807, 2.05) is 31.2 Å². The Morgan fingerprint density at radius 3 is 2.44 bits per heavy atom. The van der Waals surface area contributed by atoms with Gasteiger partial charge in [-0.15, -0.1) is 0 Å². The first-order valence-electron chi connectivity index (χ1n) is 6.46. The Kier molecular flexibility index (Phi) is 4.20. The molecule has 1 aliphatic rings.